The van der Waals surface area contributed by atoms with Gasteiger partial charge >= 0.3 is 0 Å². The zero-order valence-corrected chi connectivity index (χ0v) is 16.5. The molecule has 7 nitrogen and oxygen atoms in total. The number of nitrogens with zero attached hydrogens (tertiary/aromatic N) is 1. The van der Waals surface area contributed by atoms with E-state index in [0.29, 0.717) is 33.8 Å². The summed E-state index contributed by atoms with van der Waals surface area (Å²) in [4.78, 5) is 17.3. The second-order valence-electron chi connectivity index (χ2n) is 6.94. The van der Waals surface area contributed by atoms with Crippen LogP contribution in [0.25, 0.3) is 11.1 Å². The molecule has 0 atom stereocenters. The first-order valence-corrected chi connectivity index (χ1v) is 10.7. The third-order valence-corrected chi connectivity index (χ3v) is 6.23. The van der Waals surface area contributed by atoms with Crippen molar-refractivity contribution >= 4 is 32.7 Å². The number of benzene rings is 2. The number of aryl methyl sites for hydroxylation is 1. The van der Waals surface area contributed by atoms with Gasteiger partial charge in [-0.15, -0.1) is 0 Å². The van der Waals surface area contributed by atoms with Gasteiger partial charge in [0.1, 0.15) is 5.52 Å². The number of carbonyl (C=O) groups is 1. The van der Waals surface area contributed by atoms with E-state index in [9.17, 15) is 13.2 Å². The molecule has 4 rings (SSSR count). The summed E-state index contributed by atoms with van der Waals surface area (Å²) in [6.07, 6.45) is 2.20. The number of hydrogen-bond acceptors (Lipinski definition) is 5. The van der Waals surface area contributed by atoms with Crippen LogP contribution in [-0.2, 0) is 10.0 Å². The van der Waals surface area contributed by atoms with E-state index in [2.05, 4.69) is 15.0 Å². The number of carbonyl (C=O) groups excluding carboxylic acids is 1. The summed E-state index contributed by atoms with van der Waals surface area (Å²) in [5.74, 6) is 0.779. The van der Waals surface area contributed by atoms with Crippen molar-refractivity contribution in [3.63, 3.8) is 0 Å². The molecule has 2 aromatic carbocycles. The highest BCUT2D eigenvalue weighted by molar-refractivity contribution is 7.89. The van der Waals surface area contributed by atoms with Gasteiger partial charge in [-0.05, 0) is 55.7 Å². The van der Waals surface area contributed by atoms with Gasteiger partial charge in [0.2, 0.25) is 10.0 Å². The van der Waals surface area contributed by atoms with Gasteiger partial charge < -0.3 is 9.73 Å². The number of hydrogen-bond donors (Lipinski definition) is 2. The molecule has 3 aromatic rings. The van der Waals surface area contributed by atoms with E-state index in [1.165, 1.54) is 12.1 Å². The Labute approximate surface area is 163 Å². The van der Waals surface area contributed by atoms with E-state index in [-0.39, 0.29) is 17.3 Å². The number of oxazole rings is 1. The highest BCUT2D eigenvalue weighted by atomic mass is 32.2. The fraction of sp³-hybridized carbons (Fsp3) is 0.300. The summed E-state index contributed by atoms with van der Waals surface area (Å²) in [6.45, 7) is 3.74. The Kier molecular flexibility index (Phi) is 4.68. The normalized spacial score (nSPS) is 14.4. The maximum absolute atomic E-state index is 12.8. The average Bonchev–Trinajstić information content (AvgIpc) is 3.41. The molecule has 0 spiro atoms. The molecule has 28 heavy (non-hydrogen) atoms. The summed E-state index contributed by atoms with van der Waals surface area (Å²) in [7, 11) is -3.64. The Balaban J connectivity index is 1.60. The van der Waals surface area contributed by atoms with Gasteiger partial charge in [-0.3, -0.25) is 4.79 Å². The van der Waals surface area contributed by atoms with Crippen LogP contribution in [-0.4, -0.2) is 25.9 Å². The van der Waals surface area contributed by atoms with E-state index >= 15 is 0 Å². The van der Waals surface area contributed by atoms with Crippen LogP contribution < -0.4 is 10.0 Å². The van der Waals surface area contributed by atoms with Crippen LogP contribution in [0.15, 0.2) is 45.7 Å². The molecule has 0 saturated heterocycles. The van der Waals surface area contributed by atoms with Crippen molar-refractivity contribution in [2.75, 3.05) is 11.9 Å². The SMILES string of the molecule is CCNS(=O)(=O)c1ccc(C)c(C(=O)Nc2ccc3oc(C4CC4)nc3c2)c1. The van der Waals surface area contributed by atoms with Crippen LogP contribution >= 0.6 is 0 Å². The summed E-state index contributed by atoms with van der Waals surface area (Å²) in [5, 5.41) is 2.82. The lowest BCUT2D eigenvalue weighted by Crippen LogP contribution is -2.24. The second kappa shape index (κ2) is 7.03. The predicted molar refractivity (Wildman–Crippen MR) is 106 cm³/mol. The summed E-state index contributed by atoms with van der Waals surface area (Å²) < 4.78 is 32.6. The van der Waals surface area contributed by atoms with Crippen LogP contribution in [0.1, 0.15) is 47.5 Å². The minimum atomic E-state index is -3.64. The van der Waals surface area contributed by atoms with Crippen molar-refractivity contribution in [2.24, 2.45) is 0 Å². The van der Waals surface area contributed by atoms with Crippen molar-refractivity contribution in [2.45, 2.75) is 37.5 Å². The Morgan fingerprint density at radius 1 is 1.21 bits per heavy atom. The minimum absolute atomic E-state index is 0.0612. The van der Waals surface area contributed by atoms with Crippen molar-refractivity contribution in [3.8, 4) is 0 Å². The Bertz CT molecular complexity index is 1160. The summed E-state index contributed by atoms with van der Waals surface area (Å²) >= 11 is 0. The number of rotatable bonds is 6. The fourth-order valence-corrected chi connectivity index (χ4v) is 4.08. The molecule has 1 aliphatic carbocycles. The maximum atomic E-state index is 12.8. The Morgan fingerprint density at radius 3 is 2.71 bits per heavy atom. The number of nitrogens with one attached hydrogen (secondary N) is 2. The van der Waals surface area contributed by atoms with Gasteiger partial charge in [-0.25, -0.2) is 18.1 Å². The maximum Gasteiger partial charge on any atom is 0.255 e. The molecule has 1 amide bonds. The van der Waals surface area contributed by atoms with Gasteiger partial charge in [0.25, 0.3) is 5.91 Å². The molecule has 0 aliphatic heterocycles. The van der Waals surface area contributed by atoms with Crippen LogP contribution in [0.2, 0.25) is 0 Å². The number of anilines is 1. The molecule has 1 aromatic heterocycles. The second-order valence-corrected chi connectivity index (χ2v) is 8.71. The van der Waals surface area contributed by atoms with Gasteiger partial charge in [-0.2, -0.15) is 0 Å². The standard InChI is InChI=1S/C20H21N3O4S/c1-3-21-28(25,26)15-8-4-12(2)16(11-15)19(24)22-14-7-9-18-17(10-14)23-20(27-18)13-5-6-13/h4,7-11,13,21H,3,5-6H2,1-2H3,(H,22,24). The molecular weight excluding hydrogens is 378 g/mol. The topological polar surface area (TPSA) is 101 Å². The van der Waals surface area contributed by atoms with Crippen LogP contribution in [0.4, 0.5) is 5.69 Å². The molecule has 1 saturated carbocycles. The molecule has 1 fully saturated rings. The Morgan fingerprint density at radius 2 is 2.00 bits per heavy atom. The van der Waals surface area contributed by atoms with Crippen molar-refractivity contribution in [1.82, 2.24) is 9.71 Å². The average molecular weight is 399 g/mol. The molecule has 8 heteroatoms. The van der Waals surface area contributed by atoms with E-state index in [1.807, 2.05) is 0 Å². The number of amides is 1. The number of aromatic nitrogens is 1. The van der Waals surface area contributed by atoms with Crippen molar-refractivity contribution in [1.29, 1.82) is 0 Å². The molecule has 1 aliphatic rings. The molecule has 0 bridgehead atoms. The molecule has 0 unspecified atom stereocenters. The largest absolute Gasteiger partial charge is 0.440 e. The quantitative estimate of drug-likeness (QED) is 0.660. The molecule has 1 heterocycles. The summed E-state index contributed by atoms with van der Waals surface area (Å²) in [5.41, 5.74) is 2.95. The monoisotopic (exact) mass is 399 g/mol. The molecular formula is C20H21N3O4S. The smallest absolute Gasteiger partial charge is 0.255 e. The molecule has 0 radical (unpaired) electrons. The van der Waals surface area contributed by atoms with Crippen LogP contribution in [0.5, 0.6) is 0 Å². The van der Waals surface area contributed by atoms with E-state index in [4.69, 9.17) is 4.42 Å². The zero-order chi connectivity index (χ0) is 19.9. The van der Waals surface area contributed by atoms with Crippen molar-refractivity contribution < 1.29 is 17.6 Å². The Hall–Kier alpha value is -2.71. The van der Waals surface area contributed by atoms with Gasteiger partial charge in [0, 0.05) is 23.7 Å². The molecule has 2 N–H and O–H groups in total. The lowest BCUT2D eigenvalue weighted by atomic mass is 10.1. The highest BCUT2D eigenvalue weighted by Crippen LogP contribution is 2.40. The minimum Gasteiger partial charge on any atom is -0.440 e. The highest BCUT2D eigenvalue weighted by Gasteiger charge is 2.29. The number of fused-ring (bicyclic) bond motifs is 1. The van der Waals surface area contributed by atoms with Crippen LogP contribution in [0, 0.1) is 6.92 Å². The van der Waals surface area contributed by atoms with Gasteiger partial charge in [-0.1, -0.05) is 13.0 Å². The first kappa shape index (κ1) is 18.6. The first-order chi connectivity index (χ1) is 13.4. The summed E-state index contributed by atoms with van der Waals surface area (Å²) in [6, 6.07) is 9.80. The third kappa shape index (κ3) is 3.65. The lowest BCUT2D eigenvalue weighted by Gasteiger charge is -2.10. The van der Waals surface area contributed by atoms with Gasteiger partial charge in [0.05, 0.1) is 4.90 Å². The van der Waals surface area contributed by atoms with Crippen molar-refractivity contribution in [3.05, 3.63) is 53.4 Å². The van der Waals surface area contributed by atoms with E-state index in [1.54, 1.807) is 38.1 Å². The van der Waals surface area contributed by atoms with E-state index < -0.39 is 10.0 Å². The predicted octanol–water partition coefficient (Wildman–Crippen LogP) is 3.56. The third-order valence-electron chi connectivity index (χ3n) is 4.69. The lowest BCUT2D eigenvalue weighted by molar-refractivity contribution is 0.102. The van der Waals surface area contributed by atoms with Gasteiger partial charge in [0.15, 0.2) is 11.5 Å². The number of sulfonamides is 1. The van der Waals surface area contributed by atoms with E-state index in [0.717, 1.165) is 18.7 Å². The first-order valence-electron chi connectivity index (χ1n) is 9.19. The fourth-order valence-electron chi connectivity index (χ4n) is 3.01. The zero-order valence-electron chi connectivity index (χ0n) is 15.7. The molecule has 146 valence electrons. The van der Waals surface area contributed by atoms with Crippen LogP contribution in [0.3, 0.4) is 0 Å².